The number of aryl methyl sites for hydroxylation is 1. The van der Waals surface area contributed by atoms with Crippen LogP contribution in [-0.4, -0.2) is 24.0 Å². The molecule has 0 aromatic heterocycles. The lowest BCUT2D eigenvalue weighted by molar-refractivity contribution is -0.0538. The standard InChI is InChI=1S/C24H38O4/c1-3-5-7-8-9-19-27-23(25)28-22-15-17-24(26,18-16-22)21-13-11-20(12-14-21)10-6-4-2/h11-14,22,26H,3-10,15-19H2,1-2H3. The molecule has 0 radical (unpaired) electrons. The van der Waals surface area contributed by atoms with Gasteiger partial charge in [0.2, 0.25) is 0 Å². The number of carbonyl (C=O) groups is 1. The lowest BCUT2D eigenvalue weighted by Gasteiger charge is -2.36. The molecule has 0 aliphatic heterocycles. The molecule has 0 saturated heterocycles. The largest absolute Gasteiger partial charge is 0.508 e. The van der Waals surface area contributed by atoms with E-state index >= 15 is 0 Å². The van der Waals surface area contributed by atoms with E-state index in [1.165, 1.54) is 37.7 Å². The fourth-order valence-corrected chi connectivity index (χ4v) is 3.87. The van der Waals surface area contributed by atoms with Crippen LogP contribution in [0.4, 0.5) is 4.79 Å². The molecule has 1 fully saturated rings. The van der Waals surface area contributed by atoms with Crippen LogP contribution in [-0.2, 0) is 21.5 Å². The van der Waals surface area contributed by atoms with Gasteiger partial charge in [0.05, 0.1) is 12.2 Å². The Bertz CT molecular complexity index is 558. The summed E-state index contributed by atoms with van der Waals surface area (Å²) in [6.07, 6.45) is 10.9. The van der Waals surface area contributed by atoms with Gasteiger partial charge >= 0.3 is 6.16 Å². The van der Waals surface area contributed by atoms with Crippen molar-refractivity contribution in [3.8, 4) is 0 Å². The zero-order chi connectivity index (χ0) is 20.2. The molecule has 0 unspecified atom stereocenters. The molecule has 4 nitrogen and oxygen atoms in total. The number of ether oxygens (including phenoxy) is 2. The van der Waals surface area contributed by atoms with Crippen LogP contribution >= 0.6 is 0 Å². The van der Waals surface area contributed by atoms with Crippen molar-refractivity contribution in [2.24, 2.45) is 0 Å². The van der Waals surface area contributed by atoms with Gasteiger partial charge in [0, 0.05) is 0 Å². The van der Waals surface area contributed by atoms with E-state index in [0.29, 0.717) is 32.3 Å². The maximum atomic E-state index is 11.8. The second kappa shape index (κ2) is 12.1. The summed E-state index contributed by atoms with van der Waals surface area (Å²) in [6.45, 7) is 4.81. The Kier molecular flexibility index (Phi) is 9.83. The molecule has 0 atom stereocenters. The molecular weight excluding hydrogens is 352 g/mol. The van der Waals surface area contributed by atoms with E-state index in [9.17, 15) is 9.90 Å². The number of aliphatic hydroxyl groups is 1. The predicted octanol–water partition coefficient (Wildman–Crippen LogP) is 6.28. The van der Waals surface area contributed by atoms with Gasteiger partial charge in [-0.3, -0.25) is 0 Å². The first-order chi connectivity index (χ1) is 13.6. The van der Waals surface area contributed by atoms with E-state index in [0.717, 1.165) is 24.8 Å². The molecule has 2 rings (SSSR count). The molecule has 1 saturated carbocycles. The van der Waals surface area contributed by atoms with E-state index in [2.05, 4.69) is 38.1 Å². The van der Waals surface area contributed by atoms with E-state index in [-0.39, 0.29) is 6.10 Å². The van der Waals surface area contributed by atoms with Crippen LogP contribution in [0.3, 0.4) is 0 Å². The predicted molar refractivity (Wildman–Crippen MR) is 112 cm³/mol. The molecule has 1 N–H and O–H groups in total. The highest BCUT2D eigenvalue weighted by molar-refractivity contribution is 5.60. The third-order valence-electron chi connectivity index (χ3n) is 5.80. The minimum absolute atomic E-state index is 0.156. The Morgan fingerprint density at radius 3 is 2.29 bits per heavy atom. The Morgan fingerprint density at radius 1 is 1.00 bits per heavy atom. The normalized spacial score (nSPS) is 22.0. The summed E-state index contributed by atoms with van der Waals surface area (Å²) >= 11 is 0. The summed E-state index contributed by atoms with van der Waals surface area (Å²) < 4.78 is 10.6. The smallest absolute Gasteiger partial charge is 0.434 e. The monoisotopic (exact) mass is 390 g/mol. The van der Waals surface area contributed by atoms with Gasteiger partial charge in [-0.25, -0.2) is 4.79 Å². The van der Waals surface area contributed by atoms with Crippen LogP contribution < -0.4 is 0 Å². The molecule has 0 heterocycles. The van der Waals surface area contributed by atoms with Gasteiger partial charge in [0.15, 0.2) is 0 Å². The zero-order valence-electron chi connectivity index (χ0n) is 17.8. The molecule has 1 aromatic carbocycles. The quantitative estimate of drug-likeness (QED) is 0.357. The molecule has 4 heteroatoms. The van der Waals surface area contributed by atoms with Crippen molar-refractivity contribution in [2.75, 3.05) is 6.61 Å². The number of rotatable bonds is 11. The van der Waals surface area contributed by atoms with Crippen molar-refractivity contribution in [2.45, 2.75) is 103 Å². The lowest BCUT2D eigenvalue weighted by Crippen LogP contribution is -2.35. The molecule has 1 aromatic rings. The Morgan fingerprint density at radius 2 is 1.64 bits per heavy atom. The maximum Gasteiger partial charge on any atom is 0.508 e. The molecular formula is C24H38O4. The SMILES string of the molecule is CCCCCCCOC(=O)OC1CCC(O)(c2ccc(CCCC)cc2)CC1. The van der Waals surface area contributed by atoms with E-state index in [1.807, 2.05) is 0 Å². The van der Waals surface area contributed by atoms with E-state index in [1.54, 1.807) is 0 Å². The third-order valence-corrected chi connectivity index (χ3v) is 5.80. The summed E-state index contributed by atoms with van der Waals surface area (Å²) in [6, 6.07) is 8.37. The number of benzene rings is 1. The Hall–Kier alpha value is -1.55. The highest BCUT2D eigenvalue weighted by Crippen LogP contribution is 2.38. The van der Waals surface area contributed by atoms with E-state index in [4.69, 9.17) is 9.47 Å². The minimum atomic E-state index is -0.813. The van der Waals surface area contributed by atoms with Crippen molar-refractivity contribution in [3.63, 3.8) is 0 Å². The van der Waals surface area contributed by atoms with Crippen molar-refractivity contribution in [1.82, 2.24) is 0 Å². The zero-order valence-corrected chi connectivity index (χ0v) is 17.8. The summed E-state index contributed by atoms with van der Waals surface area (Å²) in [5.41, 5.74) is 1.48. The Labute approximate surface area is 170 Å². The summed E-state index contributed by atoms with van der Waals surface area (Å²) in [5, 5.41) is 11.0. The molecule has 0 bridgehead atoms. The molecule has 28 heavy (non-hydrogen) atoms. The fourth-order valence-electron chi connectivity index (χ4n) is 3.87. The van der Waals surface area contributed by atoms with Gasteiger partial charge in [-0.1, -0.05) is 70.2 Å². The van der Waals surface area contributed by atoms with E-state index < -0.39 is 11.8 Å². The topological polar surface area (TPSA) is 55.8 Å². The summed E-state index contributed by atoms with van der Waals surface area (Å²) in [4.78, 5) is 11.8. The van der Waals surface area contributed by atoms with Crippen LogP contribution in [0, 0.1) is 0 Å². The van der Waals surface area contributed by atoms with Crippen molar-refractivity contribution < 1.29 is 19.4 Å². The second-order valence-electron chi connectivity index (χ2n) is 8.16. The number of unbranched alkanes of at least 4 members (excludes halogenated alkanes) is 5. The number of hydrogen-bond acceptors (Lipinski definition) is 4. The average Bonchev–Trinajstić information content (AvgIpc) is 2.71. The van der Waals surface area contributed by atoms with Gasteiger partial charge in [-0.2, -0.15) is 0 Å². The van der Waals surface area contributed by atoms with Crippen LogP contribution in [0.2, 0.25) is 0 Å². The van der Waals surface area contributed by atoms with Crippen LogP contribution in [0.25, 0.3) is 0 Å². The highest BCUT2D eigenvalue weighted by atomic mass is 16.7. The van der Waals surface area contributed by atoms with Crippen LogP contribution in [0.15, 0.2) is 24.3 Å². The second-order valence-corrected chi connectivity index (χ2v) is 8.16. The van der Waals surface area contributed by atoms with Gasteiger partial charge in [-0.15, -0.1) is 0 Å². The Balaban J connectivity index is 1.70. The molecule has 1 aliphatic rings. The van der Waals surface area contributed by atoms with Crippen molar-refractivity contribution in [1.29, 1.82) is 0 Å². The van der Waals surface area contributed by atoms with Gasteiger partial charge < -0.3 is 14.6 Å². The van der Waals surface area contributed by atoms with Gasteiger partial charge in [-0.05, 0) is 56.1 Å². The van der Waals surface area contributed by atoms with Crippen LogP contribution in [0.5, 0.6) is 0 Å². The first-order valence-electron chi connectivity index (χ1n) is 11.2. The summed E-state index contributed by atoms with van der Waals surface area (Å²) in [5.74, 6) is 0. The molecule has 0 amide bonds. The highest BCUT2D eigenvalue weighted by Gasteiger charge is 2.36. The molecule has 1 aliphatic carbocycles. The number of carbonyl (C=O) groups excluding carboxylic acids is 1. The van der Waals surface area contributed by atoms with Crippen molar-refractivity contribution in [3.05, 3.63) is 35.4 Å². The number of hydrogen-bond donors (Lipinski definition) is 1. The summed E-state index contributed by atoms with van der Waals surface area (Å²) in [7, 11) is 0. The maximum absolute atomic E-state index is 11.8. The van der Waals surface area contributed by atoms with Gasteiger partial charge in [0.1, 0.15) is 6.10 Å². The first-order valence-corrected chi connectivity index (χ1v) is 11.2. The van der Waals surface area contributed by atoms with Crippen molar-refractivity contribution >= 4 is 6.16 Å². The molecule has 0 spiro atoms. The third kappa shape index (κ3) is 7.46. The fraction of sp³-hybridized carbons (Fsp3) is 0.708. The molecule has 158 valence electrons. The van der Waals surface area contributed by atoms with Crippen LogP contribution in [0.1, 0.15) is 95.6 Å². The first kappa shape index (κ1) is 22.7. The lowest BCUT2D eigenvalue weighted by atomic mass is 9.78. The minimum Gasteiger partial charge on any atom is -0.434 e. The average molecular weight is 391 g/mol. The van der Waals surface area contributed by atoms with Gasteiger partial charge in [0.25, 0.3) is 0 Å².